The van der Waals surface area contributed by atoms with Crippen molar-refractivity contribution in [3.05, 3.63) is 65.5 Å². The molecule has 2 heterocycles. The summed E-state index contributed by atoms with van der Waals surface area (Å²) >= 11 is 0. The Bertz CT molecular complexity index is 821. The van der Waals surface area contributed by atoms with Crippen LogP contribution in [0.15, 0.2) is 48.7 Å². The SMILES string of the molecule is CN1CCN(C(=O)c2cccc(Cc3ccccn3)c2)S1(=O)=O. The van der Waals surface area contributed by atoms with Gasteiger partial charge in [-0.1, -0.05) is 18.2 Å². The Morgan fingerprint density at radius 1 is 1.17 bits per heavy atom. The van der Waals surface area contributed by atoms with Crippen LogP contribution >= 0.6 is 0 Å². The van der Waals surface area contributed by atoms with Crippen LogP contribution in [0.1, 0.15) is 21.6 Å². The Kier molecular flexibility index (Phi) is 4.14. The molecule has 1 saturated heterocycles. The van der Waals surface area contributed by atoms with Gasteiger partial charge < -0.3 is 0 Å². The molecule has 0 atom stereocenters. The highest BCUT2D eigenvalue weighted by Crippen LogP contribution is 2.19. The summed E-state index contributed by atoms with van der Waals surface area (Å²) in [5, 5.41) is 0. The van der Waals surface area contributed by atoms with E-state index in [1.54, 1.807) is 24.4 Å². The molecular weight excluding hydrogens is 314 g/mol. The van der Waals surface area contributed by atoms with Crippen molar-refractivity contribution in [1.82, 2.24) is 13.6 Å². The van der Waals surface area contributed by atoms with E-state index in [2.05, 4.69) is 4.98 Å². The summed E-state index contributed by atoms with van der Waals surface area (Å²) in [4.78, 5) is 16.8. The summed E-state index contributed by atoms with van der Waals surface area (Å²) in [7, 11) is -2.21. The van der Waals surface area contributed by atoms with Gasteiger partial charge in [-0.2, -0.15) is 12.7 Å². The topological polar surface area (TPSA) is 70.6 Å². The van der Waals surface area contributed by atoms with Gasteiger partial charge in [0.2, 0.25) is 0 Å². The van der Waals surface area contributed by atoms with Crippen molar-refractivity contribution in [2.24, 2.45) is 0 Å². The lowest BCUT2D eigenvalue weighted by molar-refractivity contribution is 0.0871. The van der Waals surface area contributed by atoms with E-state index in [0.717, 1.165) is 15.6 Å². The maximum Gasteiger partial charge on any atom is 0.306 e. The lowest BCUT2D eigenvalue weighted by Gasteiger charge is -2.16. The molecule has 1 aliphatic rings. The molecule has 0 spiro atoms. The van der Waals surface area contributed by atoms with Crippen LogP contribution in [0.25, 0.3) is 0 Å². The smallest absolute Gasteiger partial charge is 0.268 e. The predicted octanol–water partition coefficient (Wildman–Crippen LogP) is 1.30. The van der Waals surface area contributed by atoms with E-state index in [9.17, 15) is 13.2 Å². The number of carbonyl (C=O) groups excluding carboxylic acids is 1. The summed E-state index contributed by atoms with van der Waals surface area (Å²) in [6.45, 7) is 0.504. The molecule has 1 amide bonds. The Balaban J connectivity index is 1.84. The number of carbonyl (C=O) groups is 1. The van der Waals surface area contributed by atoms with E-state index in [1.807, 2.05) is 24.3 Å². The third-order valence-corrected chi connectivity index (χ3v) is 5.68. The number of rotatable bonds is 3. The van der Waals surface area contributed by atoms with E-state index in [0.29, 0.717) is 18.5 Å². The van der Waals surface area contributed by atoms with E-state index in [4.69, 9.17) is 0 Å². The third kappa shape index (κ3) is 3.11. The normalized spacial score (nSPS) is 17.3. The quantitative estimate of drug-likeness (QED) is 0.850. The number of amides is 1. The molecule has 1 aromatic heterocycles. The first-order chi connectivity index (χ1) is 11.0. The number of pyridine rings is 1. The second kappa shape index (κ2) is 6.10. The van der Waals surface area contributed by atoms with Gasteiger partial charge in [0, 0.05) is 37.5 Å². The Morgan fingerprint density at radius 3 is 2.65 bits per heavy atom. The van der Waals surface area contributed by atoms with Gasteiger partial charge in [0.15, 0.2) is 0 Å². The van der Waals surface area contributed by atoms with E-state index >= 15 is 0 Å². The molecule has 7 heteroatoms. The maximum atomic E-state index is 12.5. The number of nitrogens with zero attached hydrogens (tertiary/aromatic N) is 3. The molecule has 1 aliphatic heterocycles. The summed E-state index contributed by atoms with van der Waals surface area (Å²) in [6.07, 6.45) is 2.31. The molecule has 1 fully saturated rings. The molecular formula is C16H17N3O3S. The molecule has 3 rings (SSSR count). The lowest BCUT2D eigenvalue weighted by Crippen LogP contribution is -2.35. The summed E-state index contributed by atoms with van der Waals surface area (Å²) in [5.74, 6) is -0.489. The van der Waals surface area contributed by atoms with Gasteiger partial charge in [-0.15, -0.1) is 0 Å². The predicted molar refractivity (Wildman–Crippen MR) is 86.1 cm³/mol. The van der Waals surface area contributed by atoms with Crippen LogP contribution in [-0.4, -0.2) is 48.1 Å². The van der Waals surface area contributed by atoms with Crippen molar-refractivity contribution in [2.75, 3.05) is 20.1 Å². The van der Waals surface area contributed by atoms with Crippen LogP contribution in [0.5, 0.6) is 0 Å². The number of benzene rings is 1. The summed E-state index contributed by atoms with van der Waals surface area (Å²) < 4.78 is 26.3. The van der Waals surface area contributed by atoms with Crippen molar-refractivity contribution in [2.45, 2.75) is 6.42 Å². The first kappa shape index (κ1) is 15.6. The maximum absolute atomic E-state index is 12.5. The fourth-order valence-electron chi connectivity index (χ4n) is 2.51. The molecule has 0 radical (unpaired) electrons. The zero-order chi connectivity index (χ0) is 16.4. The minimum atomic E-state index is -3.68. The average Bonchev–Trinajstić information content (AvgIpc) is 2.81. The van der Waals surface area contributed by atoms with Gasteiger partial charge in [-0.05, 0) is 29.8 Å². The zero-order valence-electron chi connectivity index (χ0n) is 12.7. The van der Waals surface area contributed by atoms with Crippen LogP contribution in [0.3, 0.4) is 0 Å². The largest absolute Gasteiger partial charge is 0.306 e. The molecule has 0 aliphatic carbocycles. The number of likely N-dealkylation sites (N-methyl/N-ethyl adjacent to an activating group) is 1. The van der Waals surface area contributed by atoms with Crippen molar-refractivity contribution >= 4 is 16.1 Å². The molecule has 0 N–H and O–H groups in total. The van der Waals surface area contributed by atoms with E-state index in [1.165, 1.54) is 11.4 Å². The van der Waals surface area contributed by atoms with Crippen LogP contribution in [0, 0.1) is 0 Å². The first-order valence-electron chi connectivity index (χ1n) is 7.25. The van der Waals surface area contributed by atoms with Crippen LogP contribution in [-0.2, 0) is 16.6 Å². The van der Waals surface area contributed by atoms with Crippen molar-refractivity contribution < 1.29 is 13.2 Å². The molecule has 6 nitrogen and oxygen atoms in total. The average molecular weight is 331 g/mol. The van der Waals surface area contributed by atoms with Crippen molar-refractivity contribution in [3.63, 3.8) is 0 Å². The fraction of sp³-hybridized carbons (Fsp3) is 0.250. The Hall–Kier alpha value is -2.25. The molecule has 0 unspecified atom stereocenters. The van der Waals surface area contributed by atoms with Crippen molar-refractivity contribution in [1.29, 1.82) is 0 Å². The van der Waals surface area contributed by atoms with Gasteiger partial charge in [-0.3, -0.25) is 9.78 Å². The molecule has 1 aromatic carbocycles. The van der Waals surface area contributed by atoms with E-state index < -0.39 is 16.1 Å². The molecule has 0 bridgehead atoms. The van der Waals surface area contributed by atoms with Gasteiger partial charge >= 0.3 is 10.2 Å². The van der Waals surface area contributed by atoms with Gasteiger partial charge in [0.1, 0.15) is 0 Å². The summed E-state index contributed by atoms with van der Waals surface area (Å²) in [6, 6.07) is 12.7. The highest BCUT2D eigenvalue weighted by Gasteiger charge is 2.37. The van der Waals surface area contributed by atoms with Gasteiger partial charge in [-0.25, -0.2) is 4.31 Å². The van der Waals surface area contributed by atoms with Crippen LogP contribution in [0.4, 0.5) is 0 Å². The number of hydrogen-bond acceptors (Lipinski definition) is 4. The first-order valence-corrected chi connectivity index (χ1v) is 8.65. The lowest BCUT2D eigenvalue weighted by atomic mass is 10.1. The highest BCUT2D eigenvalue weighted by molar-refractivity contribution is 7.87. The standard InChI is InChI=1S/C16H17N3O3S/c1-18-9-10-19(23(18,21)22)16(20)14-6-4-5-13(11-14)12-15-7-2-3-8-17-15/h2-8,11H,9-10,12H2,1H3. The third-order valence-electron chi connectivity index (χ3n) is 3.80. The fourth-order valence-corrected chi connectivity index (χ4v) is 3.78. The second-order valence-electron chi connectivity index (χ2n) is 5.40. The molecule has 23 heavy (non-hydrogen) atoms. The Labute approximate surface area is 135 Å². The van der Waals surface area contributed by atoms with Crippen molar-refractivity contribution in [3.8, 4) is 0 Å². The van der Waals surface area contributed by atoms with Gasteiger partial charge in [0.05, 0.1) is 6.54 Å². The van der Waals surface area contributed by atoms with Crippen LogP contribution < -0.4 is 0 Å². The second-order valence-corrected chi connectivity index (χ2v) is 7.36. The van der Waals surface area contributed by atoms with Crippen LogP contribution in [0.2, 0.25) is 0 Å². The molecule has 0 saturated carbocycles. The van der Waals surface area contributed by atoms with Gasteiger partial charge in [0.25, 0.3) is 5.91 Å². The number of aromatic nitrogens is 1. The summed E-state index contributed by atoms with van der Waals surface area (Å²) in [5.41, 5.74) is 2.18. The highest BCUT2D eigenvalue weighted by atomic mass is 32.2. The van der Waals surface area contributed by atoms with E-state index in [-0.39, 0.29) is 6.54 Å². The number of hydrogen-bond donors (Lipinski definition) is 0. The molecule has 120 valence electrons. The monoisotopic (exact) mass is 331 g/mol. The Morgan fingerprint density at radius 2 is 2.00 bits per heavy atom. The zero-order valence-corrected chi connectivity index (χ0v) is 13.5. The minimum Gasteiger partial charge on any atom is -0.268 e. The molecule has 2 aromatic rings. The minimum absolute atomic E-state index is 0.183.